The van der Waals surface area contributed by atoms with Gasteiger partial charge >= 0.3 is 6.18 Å². The second-order valence-corrected chi connectivity index (χ2v) is 10.2. The lowest BCUT2D eigenvalue weighted by molar-refractivity contribution is -0.136. The first-order valence-electron chi connectivity index (χ1n) is 11.9. The number of nitrogens with one attached hydrogen (secondary N) is 1. The summed E-state index contributed by atoms with van der Waals surface area (Å²) in [6.45, 7) is 7.07. The molecule has 0 aliphatic heterocycles. The first-order chi connectivity index (χ1) is 16.1. The van der Waals surface area contributed by atoms with Crippen LogP contribution in [0.4, 0.5) is 13.2 Å². The van der Waals surface area contributed by atoms with E-state index in [1.165, 1.54) is 43.2 Å². The Labute approximate surface area is 199 Å². The molecule has 1 aromatic heterocycles. The molecule has 1 aliphatic rings. The molecule has 0 saturated heterocycles. The highest BCUT2D eigenvalue weighted by Gasteiger charge is 2.32. The van der Waals surface area contributed by atoms with Crippen molar-refractivity contribution >= 4 is 21.7 Å². The molecule has 180 valence electrons. The van der Waals surface area contributed by atoms with Gasteiger partial charge < -0.3 is 9.72 Å². The van der Waals surface area contributed by atoms with Crippen LogP contribution in [0.2, 0.25) is 0 Å². The number of rotatable bonds is 2. The SMILES string of the molecule is CC(C)(C)C1CCC(Oc2cc3ccccc3[nH]2)CC1.FC(F)(F)c1cccc2ccccc12. The molecule has 0 atom stereocenters. The number of aromatic nitrogens is 1. The summed E-state index contributed by atoms with van der Waals surface area (Å²) in [5.74, 6) is 1.76. The predicted molar refractivity (Wildman–Crippen MR) is 133 cm³/mol. The highest BCUT2D eigenvalue weighted by molar-refractivity contribution is 5.86. The molecule has 1 fully saturated rings. The van der Waals surface area contributed by atoms with E-state index in [4.69, 9.17) is 4.74 Å². The second kappa shape index (κ2) is 9.73. The quantitative estimate of drug-likeness (QED) is 0.313. The van der Waals surface area contributed by atoms with Crippen LogP contribution in [-0.2, 0) is 6.18 Å². The zero-order chi connectivity index (χ0) is 24.3. The summed E-state index contributed by atoms with van der Waals surface area (Å²) in [5, 5.41) is 2.09. The molecule has 1 saturated carbocycles. The standard InChI is InChI=1S/C18H25NO.C11H7F3/c1-18(2,3)14-8-10-15(11-9-14)20-17-12-13-6-4-5-7-16(13)19-17;12-11(13,14)10-7-3-5-8-4-1-2-6-9(8)10/h4-7,12,14-15,19H,8-11H2,1-3H3;1-7H. The summed E-state index contributed by atoms with van der Waals surface area (Å²) in [5.41, 5.74) is 1.02. The number of halogens is 3. The van der Waals surface area contributed by atoms with Crippen LogP contribution in [0.15, 0.2) is 72.8 Å². The van der Waals surface area contributed by atoms with Crippen LogP contribution in [0, 0.1) is 11.3 Å². The molecule has 34 heavy (non-hydrogen) atoms. The van der Waals surface area contributed by atoms with Gasteiger partial charge in [-0.15, -0.1) is 0 Å². The van der Waals surface area contributed by atoms with Crippen molar-refractivity contribution in [3.8, 4) is 5.88 Å². The highest BCUT2D eigenvalue weighted by Crippen LogP contribution is 2.39. The molecule has 5 heteroatoms. The lowest BCUT2D eigenvalue weighted by atomic mass is 9.72. The fourth-order valence-corrected chi connectivity index (χ4v) is 4.81. The van der Waals surface area contributed by atoms with Crippen molar-refractivity contribution in [3.05, 3.63) is 78.4 Å². The van der Waals surface area contributed by atoms with Crippen LogP contribution in [-0.4, -0.2) is 11.1 Å². The van der Waals surface area contributed by atoms with Gasteiger partial charge in [-0.1, -0.05) is 75.4 Å². The Kier molecular flexibility index (Phi) is 6.92. The average Bonchev–Trinajstić information content (AvgIpc) is 3.20. The van der Waals surface area contributed by atoms with E-state index in [2.05, 4.69) is 56.1 Å². The van der Waals surface area contributed by atoms with Gasteiger partial charge in [-0.3, -0.25) is 0 Å². The van der Waals surface area contributed by atoms with E-state index in [0.717, 1.165) is 23.4 Å². The van der Waals surface area contributed by atoms with Crippen LogP contribution in [0.5, 0.6) is 5.88 Å². The molecule has 1 heterocycles. The summed E-state index contributed by atoms with van der Waals surface area (Å²) in [7, 11) is 0. The molecule has 0 unspecified atom stereocenters. The van der Waals surface area contributed by atoms with Crippen LogP contribution in [0.25, 0.3) is 21.7 Å². The van der Waals surface area contributed by atoms with Crippen molar-refractivity contribution in [1.82, 2.24) is 4.98 Å². The van der Waals surface area contributed by atoms with Gasteiger partial charge in [0.2, 0.25) is 0 Å². The fraction of sp³-hybridized carbons (Fsp3) is 0.379. The number of ether oxygens (including phenoxy) is 1. The van der Waals surface area contributed by atoms with E-state index in [9.17, 15) is 13.2 Å². The molecule has 0 bridgehead atoms. The van der Waals surface area contributed by atoms with Gasteiger partial charge in [0.15, 0.2) is 5.88 Å². The van der Waals surface area contributed by atoms with Crippen LogP contribution >= 0.6 is 0 Å². The lowest BCUT2D eigenvalue weighted by Crippen LogP contribution is -2.30. The van der Waals surface area contributed by atoms with Gasteiger partial charge in [0.05, 0.1) is 5.56 Å². The molecule has 0 spiro atoms. The Bertz CT molecular complexity index is 1190. The van der Waals surface area contributed by atoms with Gasteiger partial charge in [0.1, 0.15) is 6.10 Å². The lowest BCUT2D eigenvalue weighted by Gasteiger charge is -2.36. The molecule has 1 aliphatic carbocycles. The molecular weight excluding hydrogens is 435 g/mol. The fourth-order valence-electron chi connectivity index (χ4n) is 4.81. The number of benzene rings is 3. The monoisotopic (exact) mass is 467 g/mol. The summed E-state index contributed by atoms with van der Waals surface area (Å²) in [4.78, 5) is 3.36. The predicted octanol–water partition coefficient (Wildman–Crippen LogP) is 9.01. The Morgan fingerprint density at radius 2 is 1.38 bits per heavy atom. The van der Waals surface area contributed by atoms with E-state index in [-0.39, 0.29) is 5.39 Å². The first kappa shape index (κ1) is 24.2. The third-order valence-corrected chi connectivity index (χ3v) is 6.79. The summed E-state index contributed by atoms with van der Waals surface area (Å²) in [6, 6.07) is 21.1. The third kappa shape index (κ3) is 5.75. The highest BCUT2D eigenvalue weighted by atomic mass is 19.4. The van der Waals surface area contributed by atoms with Crippen LogP contribution in [0.1, 0.15) is 52.0 Å². The Hall–Kier alpha value is -2.95. The zero-order valence-corrected chi connectivity index (χ0v) is 20.0. The summed E-state index contributed by atoms with van der Waals surface area (Å²) in [6.07, 6.45) is 1.03. The smallest absolute Gasteiger partial charge is 0.417 e. The van der Waals surface area contributed by atoms with Crippen molar-refractivity contribution in [2.24, 2.45) is 11.3 Å². The number of para-hydroxylation sites is 1. The largest absolute Gasteiger partial charge is 0.476 e. The van der Waals surface area contributed by atoms with E-state index in [1.807, 2.05) is 0 Å². The summed E-state index contributed by atoms with van der Waals surface area (Å²) < 4.78 is 43.7. The van der Waals surface area contributed by atoms with Crippen molar-refractivity contribution in [3.63, 3.8) is 0 Å². The van der Waals surface area contributed by atoms with Crippen LogP contribution in [0.3, 0.4) is 0 Å². The maximum absolute atomic E-state index is 12.5. The van der Waals surface area contributed by atoms with Gasteiger partial charge in [-0.2, -0.15) is 13.2 Å². The van der Waals surface area contributed by atoms with Gasteiger partial charge in [-0.05, 0) is 59.9 Å². The molecular formula is C29H32F3NO. The zero-order valence-electron chi connectivity index (χ0n) is 20.0. The second-order valence-electron chi connectivity index (χ2n) is 10.2. The van der Waals surface area contributed by atoms with Crippen molar-refractivity contribution < 1.29 is 17.9 Å². The Morgan fingerprint density at radius 1 is 0.765 bits per heavy atom. The van der Waals surface area contributed by atoms with Gasteiger partial charge in [0.25, 0.3) is 0 Å². The minimum Gasteiger partial charge on any atom is -0.476 e. The first-order valence-corrected chi connectivity index (χ1v) is 11.9. The van der Waals surface area contributed by atoms with Gasteiger partial charge in [0, 0.05) is 17.0 Å². The molecule has 0 radical (unpaired) electrons. The van der Waals surface area contributed by atoms with E-state index >= 15 is 0 Å². The Morgan fingerprint density at radius 3 is 2.03 bits per heavy atom. The molecule has 3 aromatic carbocycles. The van der Waals surface area contributed by atoms with Crippen molar-refractivity contribution in [2.75, 3.05) is 0 Å². The number of hydrogen-bond acceptors (Lipinski definition) is 1. The maximum Gasteiger partial charge on any atom is 0.417 e. The number of alkyl halides is 3. The molecule has 0 amide bonds. The van der Waals surface area contributed by atoms with E-state index in [0.29, 0.717) is 16.9 Å². The molecule has 4 aromatic rings. The number of aromatic amines is 1. The minimum atomic E-state index is -4.28. The van der Waals surface area contributed by atoms with Crippen LogP contribution < -0.4 is 4.74 Å². The topological polar surface area (TPSA) is 25.0 Å². The number of H-pyrrole nitrogens is 1. The number of hydrogen-bond donors (Lipinski definition) is 1. The molecule has 2 nitrogen and oxygen atoms in total. The number of fused-ring (bicyclic) bond motifs is 2. The third-order valence-electron chi connectivity index (χ3n) is 6.79. The van der Waals surface area contributed by atoms with E-state index < -0.39 is 11.7 Å². The minimum absolute atomic E-state index is 0.252. The molecule has 1 N–H and O–H groups in total. The van der Waals surface area contributed by atoms with Crippen molar-refractivity contribution in [1.29, 1.82) is 0 Å². The Balaban J connectivity index is 0.000000172. The average molecular weight is 468 g/mol. The van der Waals surface area contributed by atoms with Gasteiger partial charge in [-0.25, -0.2) is 0 Å². The normalized spacial score (nSPS) is 19.0. The maximum atomic E-state index is 12.5. The van der Waals surface area contributed by atoms with E-state index in [1.54, 1.807) is 24.3 Å². The summed E-state index contributed by atoms with van der Waals surface area (Å²) >= 11 is 0. The van der Waals surface area contributed by atoms with Crippen molar-refractivity contribution in [2.45, 2.75) is 58.7 Å². The molecule has 5 rings (SSSR count).